The predicted octanol–water partition coefficient (Wildman–Crippen LogP) is 3.18. The van der Waals surface area contributed by atoms with Gasteiger partial charge in [0.2, 0.25) is 5.76 Å². The first-order valence-electron chi connectivity index (χ1n) is 6.75. The summed E-state index contributed by atoms with van der Waals surface area (Å²) in [5.74, 6) is -0.109. The number of nitrogens with one attached hydrogen (secondary N) is 1. The summed E-state index contributed by atoms with van der Waals surface area (Å²) in [7, 11) is 0. The Morgan fingerprint density at radius 2 is 1.71 bits per heavy atom. The van der Waals surface area contributed by atoms with Crippen molar-refractivity contribution in [1.82, 2.24) is 0 Å². The topological polar surface area (TPSA) is 47.6 Å². The average Bonchev–Trinajstić information content (AvgIpc) is 2.57. The summed E-state index contributed by atoms with van der Waals surface area (Å²) in [6, 6.07) is 17.6. The van der Waals surface area contributed by atoms with E-state index in [1.165, 1.54) is 6.26 Å². The van der Waals surface area contributed by atoms with E-state index < -0.39 is 0 Å². The third-order valence-electron chi connectivity index (χ3n) is 3.13. The molecule has 0 bridgehead atoms. The Morgan fingerprint density at radius 3 is 2.48 bits per heavy atom. The summed E-state index contributed by atoms with van der Waals surface area (Å²) in [6.07, 6.45) is 1.35. The van der Waals surface area contributed by atoms with Gasteiger partial charge in [-0.15, -0.1) is 0 Å². The van der Waals surface area contributed by atoms with E-state index >= 15 is 0 Å². The summed E-state index contributed by atoms with van der Waals surface area (Å²) in [6.45, 7) is 0.858. The quantitative estimate of drug-likeness (QED) is 0.940. The molecule has 2 aromatic rings. The lowest BCUT2D eigenvalue weighted by Gasteiger charge is -2.16. The highest BCUT2D eigenvalue weighted by atomic mass is 16.6. The summed E-state index contributed by atoms with van der Waals surface area (Å²) in [5.41, 5.74) is 2.75. The molecule has 21 heavy (non-hydrogen) atoms. The molecule has 1 aliphatic heterocycles. The van der Waals surface area contributed by atoms with E-state index in [0.717, 1.165) is 16.8 Å². The molecule has 2 aromatic carbocycles. The number of hydrogen-bond acceptors (Lipinski definition) is 3. The smallest absolute Gasteiger partial charge is 0.294 e. The second kappa shape index (κ2) is 6.13. The van der Waals surface area contributed by atoms with E-state index in [-0.39, 0.29) is 11.7 Å². The summed E-state index contributed by atoms with van der Waals surface area (Å²) in [4.78, 5) is 12.2. The zero-order valence-corrected chi connectivity index (χ0v) is 11.4. The molecule has 1 amide bonds. The molecule has 0 saturated carbocycles. The average molecular weight is 281 g/mol. The normalized spacial score (nSPS) is 13.6. The monoisotopic (exact) mass is 281 g/mol. The molecule has 0 saturated heterocycles. The fourth-order valence-electron chi connectivity index (χ4n) is 2.13. The zero-order chi connectivity index (χ0) is 14.5. The van der Waals surface area contributed by atoms with Crippen LogP contribution in [0.4, 0.5) is 5.69 Å². The van der Waals surface area contributed by atoms with Crippen molar-refractivity contribution < 1.29 is 14.3 Å². The van der Waals surface area contributed by atoms with Gasteiger partial charge < -0.3 is 14.8 Å². The van der Waals surface area contributed by atoms with Crippen molar-refractivity contribution in [2.75, 3.05) is 18.5 Å². The second-order valence-corrected chi connectivity index (χ2v) is 4.57. The molecule has 4 heteroatoms. The van der Waals surface area contributed by atoms with Gasteiger partial charge >= 0.3 is 0 Å². The van der Waals surface area contributed by atoms with Crippen LogP contribution in [0.5, 0.6) is 0 Å². The molecular weight excluding hydrogens is 266 g/mol. The van der Waals surface area contributed by atoms with Crippen molar-refractivity contribution in [3.05, 3.63) is 66.6 Å². The Balaban J connectivity index is 1.86. The lowest BCUT2D eigenvalue weighted by Crippen LogP contribution is -2.21. The van der Waals surface area contributed by atoms with Gasteiger partial charge in [-0.1, -0.05) is 48.5 Å². The maximum absolute atomic E-state index is 12.2. The van der Waals surface area contributed by atoms with Gasteiger partial charge in [0.15, 0.2) is 0 Å². The van der Waals surface area contributed by atoms with Gasteiger partial charge in [-0.3, -0.25) is 4.79 Å². The first-order chi connectivity index (χ1) is 10.3. The number of benzene rings is 2. The van der Waals surface area contributed by atoms with E-state index in [1.807, 2.05) is 54.6 Å². The molecule has 0 fully saturated rings. The van der Waals surface area contributed by atoms with E-state index in [4.69, 9.17) is 9.47 Å². The van der Waals surface area contributed by atoms with Crippen molar-refractivity contribution in [1.29, 1.82) is 0 Å². The molecule has 106 valence electrons. The molecule has 1 heterocycles. The number of carbonyl (C=O) groups excluding carboxylic acids is 1. The molecular formula is C17H15NO3. The fourth-order valence-corrected chi connectivity index (χ4v) is 2.13. The summed E-state index contributed by atoms with van der Waals surface area (Å²) < 4.78 is 10.4. The zero-order valence-electron chi connectivity index (χ0n) is 11.4. The van der Waals surface area contributed by atoms with Gasteiger partial charge in [0.25, 0.3) is 5.91 Å². The lowest BCUT2D eigenvalue weighted by atomic mass is 10.0. The van der Waals surface area contributed by atoms with E-state index in [1.54, 1.807) is 0 Å². The number of rotatable bonds is 3. The number of para-hydroxylation sites is 1. The van der Waals surface area contributed by atoms with E-state index in [0.29, 0.717) is 13.2 Å². The van der Waals surface area contributed by atoms with Crippen molar-refractivity contribution in [2.24, 2.45) is 0 Å². The van der Waals surface area contributed by atoms with Crippen LogP contribution < -0.4 is 5.32 Å². The first kappa shape index (κ1) is 13.2. The Hall–Kier alpha value is -2.75. The molecule has 0 aromatic heterocycles. The van der Waals surface area contributed by atoms with Crippen molar-refractivity contribution in [3.8, 4) is 11.1 Å². The van der Waals surface area contributed by atoms with Crippen molar-refractivity contribution in [3.63, 3.8) is 0 Å². The fraction of sp³-hybridized carbons (Fsp3) is 0.118. The first-order valence-corrected chi connectivity index (χ1v) is 6.75. The van der Waals surface area contributed by atoms with Crippen LogP contribution in [0.15, 0.2) is 66.6 Å². The van der Waals surface area contributed by atoms with E-state index in [2.05, 4.69) is 5.32 Å². The minimum Gasteiger partial charge on any atom is -0.494 e. The number of amides is 1. The highest BCUT2D eigenvalue weighted by Gasteiger charge is 2.16. The number of ether oxygens (including phenoxy) is 2. The second-order valence-electron chi connectivity index (χ2n) is 4.57. The van der Waals surface area contributed by atoms with Gasteiger partial charge in [0.1, 0.15) is 19.5 Å². The number of carbonyl (C=O) groups is 1. The molecule has 1 aliphatic rings. The predicted molar refractivity (Wildman–Crippen MR) is 80.5 cm³/mol. The van der Waals surface area contributed by atoms with Crippen LogP contribution in [0.3, 0.4) is 0 Å². The minimum absolute atomic E-state index is 0.198. The standard InChI is InChI=1S/C17H15NO3/c19-17(16-12-20-10-11-21-16)18-15-9-5-4-8-14(15)13-6-2-1-3-7-13/h1-9,12H,10-11H2,(H,18,19). The van der Waals surface area contributed by atoms with Crippen LogP contribution in [0.25, 0.3) is 11.1 Å². The van der Waals surface area contributed by atoms with Crippen LogP contribution >= 0.6 is 0 Å². The van der Waals surface area contributed by atoms with Gasteiger partial charge in [0.05, 0.1) is 0 Å². The maximum Gasteiger partial charge on any atom is 0.294 e. The summed E-state index contributed by atoms with van der Waals surface area (Å²) >= 11 is 0. The molecule has 0 unspecified atom stereocenters. The molecule has 1 N–H and O–H groups in total. The minimum atomic E-state index is -0.307. The van der Waals surface area contributed by atoms with Crippen LogP contribution in [-0.4, -0.2) is 19.1 Å². The van der Waals surface area contributed by atoms with Gasteiger partial charge in [0, 0.05) is 11.3 Å². The Morgan fingerprint density at radius 1 is 0.952 bits per heavy atom. The van der Waals surface area contributed by atoms with Crippen LogP contribution in [0, 0.1) is 0 Å². The Kier molecular flexibility index (Phi) is 3.87. The van der Waals surface area contributed by atoms with Gasteiger partial charge in [-0.05, 0) is 11.6 Å². The highest BCUT2D eigenvalue weighted by molar-refractivity contribution is 6.04. The third kappa shape index (κ3) is 3.05. The molecule has 3 rings (SSSR count). The summed E-state index contributed by atoms with van der Waals surface area (Å²) in [5, 5.41) is 2.87. The highest BCUT2D eigenvalue weighted by Crippen LogP contribution is 2.27. The number of hydrogen-bond donors (Lipinski definition) is 1. The lowest BCUT2D eigenvalue weighted by molar-refractivity contribution is -0.117. The molecule has 0 aliphatic carbocycles. The van der Waals surface area contributed by atoms with Crippen LogP contribution in [0.2, 0.25) is 0 Å². The van der Waals surface area contributed by atoms with Crippen molar-refractivity contribution >= 4 is 11.6 Å². The van der Waals surface area contributed by atoms with Gasteiger partial charge in [-0.25, -0.2) is 0 Å². The molecule has 0 spiro atoms. The molecule has 0 atom stereocenters. The van der Waals surface area contributed by atoms with Crippen LogP contribution in [-0.2, 0) is 14.3 Å². The third-order valence-corrected chi connectivity index (χ3v) is 3.13. The molecule has 4 nitrogen and oxygen atoms in total. The molecule has 0 radical (unpaired) electrons. The van der Waals surface area contributed by atoms with E-state index in [9.17, 15) is 4.79 Å². The van der Waals surface area contributed by atoms with Crippen molar-refractivity contribution in [2.45, 2.75) is 0 Å². The van der Waals surface area contributed by atoms with Crippen LogP contribution in [0.1, 0.15) is 0 Å². The SMILES string of the molecule is O=C(Nc1ccccc1-c1ccccc1)C1=COCCO1. The van der Waals surface area contributed by atoms with Gasteiger partial charge in [-0.2, -0.15) is 0 Å². The Bertz CT molecular complexity index is 665. The largest absolute Gasteiger partial charge is 0.494 e. The maximum atomic E-state index is 12.2. The Labute approximate surface area is 123 Å². The number of anilines is 1.